The highest BCUT2D eigenvalue weighted by Gasteiger charge is 2.14. The lowest BCUT2D eigenvalue weighted by Gasteiger charge is -2.08. The molecule has 0 saturated carbocycles. The Bertz CT molecular complexity index is 647. The molecular weight excluding hydrogens is 384 g/mol. The van der Waals surface area contributed by atoms with Crippen LogP contribution in [0.2, 0.25) is 0 Å². The molecule has 1 N–H and O–H groups in total. The van der Waals surface area contributed by atoms with Crippen LogP contribution in [-0.2, 0) is 0 Å². The van der Waals surface area contributed by atoms with Gasteiger partial charge in [-0.2, -0.15) is 0 Å². The van der Waals surface area contributed by atoms with Crippen LogP contribution in [0.25, 0.3) is 0 Å². The van der Waals surface area contributed by atoms with Crippen LogP contribution in [0.3, 0.4) is 0 Å². The highest BCUT2D eigenvalue weighted by molar-refractivity contribution is 9.11. The smallest absolute Gasteiger partial charge is 0.258 e. The summed E-state index contributed by atoms with van der Waals surface area (Å²) in [7, 11) is 0. The Morgan fingerprint density at radius 1 is 1.05 bits per heavy atom. The molecule has 0 saturated heterocycles. The van der Waals surface area contributed by atoms with Gasteiger partial charge < -0.3 is 5.32 Å². The van der Waals surface area contributed by atoms with E-state index < -0.39 is 17.5 Å². The second kappa shape index (κ2) is 5.79. The molecule has 0 fully saturated rings. The highest BCUT2D eigenvalue weighted by atomic mass is 79.9. The summed E-state index contributed by atoms with van der Waals surface area (Å²) < 4.78 is 27.9. The normalized spacial score (nSPS) is 10.3. The van der Waals surface area contributed by atoms with E-state index in [1.54, 1.807) is 18.2 Å². The van der Waals surface area contributed by atoms with Crippen molar-refractivity contribution in [1.82, 2.24) is 0 Å². The first-order chi connectivity index (χ1) is 8.97. The van der Waals surface area contributed by atoms with Gasteiger partial charge in [-0.05, 0) is 52.3 Å². The molecular formula is C13H7Br2F2NO. The van der Waals surface area contributed by atoms with E-state index >= 15 is 0 Å². The van der Waals surface area contributed by atoms with Gasteiger partial charge in [-0.3, -0.25) is 4.79 Å². The van der Waals surface area contributed by atoms with E-state index in [1.165, 1.54) is 0 Å². The summed E-state index contributed by atoms with van der Waals surface area (Å²) in [6.07, 6.45) is 0. The molecule has 0 spiro atoms. The molecule has 6 heteroatoms. The molecule has 2 aromatic rings. The lowest BCUT2D eigenvalue weighted by Crippen LogP contribution is -2.14. The first-order valence-corrected chi connectivity index (χ1v) is 6.77. The van der Waals surface area contributed by atoms with E-state index in [4.69, 9.17) is 0 Å². The van der Waals surface area contributed by atoms with E-state index in [-0.39, 0.29) is 5.56 Å². The Balaban J connectivity index is 2.28. The van der Waals surface area contributed by atoms with Crippen LogP contribution < -0.4 is 5.32 Å². The molecule has 1 amide bonds. The topological polar surface area (TPSA) is 29.1 Å². The molecule has 0 heterocycles. The summed E-state index contributed by atoms with van der Waals surface area (Å²) in [6.45, 7) is 0. The Kier molecular flexibility index (Phi) is 4.31. The molecule has 2 nitrogen and oxygen atoms in total. The maximum Gasteiger partial charge on any atom is 0.258 e. The van der Waals surface area contributed by atoms with Gasteiger partial charge in [0.2, 0.25) is 0 Å². The van der Waals surface area contributed by atoms with Gasteiger partial charge in [0.25, 0.3) is 5.91 Å². The van der Waals surface area contributed by atoms with Crippen molar-refractivity contribution in [2.45, 2.75) is 0 Å². The fourth-order valence-corrected chi connectivity index (χ4v) is 2.60. The highest BCUT2D eigenvalue weighted by Crippen LogP contribution is 2.26. The molecule has 98 valence electrons. The number of benzene rings is 2. The van der Waals surface area contributed by atoms with Crippen molar-refractivity contribution in [3.63, 3.8) is 0 Å². The van der Waals surface area contributed by atoms with Gasteiger partial charge in [-0.1, -0.05) is 15.9 Å². The van der Waals surface area contributed by atoms with Gasteiger partial charge in [0.1, 0.15) is 11.6 Å². The number of hydrogen-bond acceptors (Lipinski definition) is 1. The minimum Gasteiger partial charge on any atom is -0.321 e. The van der Waals surface area contributed by atoms with E-state index in [2.05, 4.69) is 37.2 Å². The number of rotatable bonds is 2. The molecule has 0 atom stereocenters. The third kappa shape index (κ3) is 3.39. The monoisotopic (exact) mass is 389 g/mol. The second-order valence-electron chi connectivity index (χ2n) is 3.70. The van der Waals surface area contributed by atoms with Gasteiger partial charge in [0.15, 0.2) is 0 Å². The van der Waals surface area contributed by atoms with Crippen molar-refractivity contribution in [2.75, 3.05) is 5.32 Å². The van der Waals surface area contributed by atoms with Crippen LogP contribution in [0.4, 0.5) is 14.5 Å². The van der Waals surface area contributed by atoms with Crippen molar-refractivity contribution in [2.24, 2.45) is 0 Å². The second-order valence-corrected chi connectivity index (χ2v) is 5.47. The van der Waals surface area contributed by atoms with Crippen LogP contribution in [0, 0.1) is 11.6 Å². The Morgan fingerprint density at radius 2 is 1.79 bits per heavy atom. The first kappa shape index (κ1) is 14.1. The number of hydrogen-bond donors (Lipinski definition) is 1. The van der Waals surface area contributed by atoms with Crippen molar-refractivity contribution < 1.29 is 13.6 Å². The largest absolute Gasteiger partial charge is 0.321 e. The lowest BCUT2D eigenvalue weighted by atomic mass is 10.2. The fraction of sp³-hybridized carbons (Fsp3) is 0. The van der Waals surface area contributed by atoms with Crippen molar-refractivity contribution in [1.29, 1.82) is 0 Å². The molecule has 0 aliphatic rings. The van der Waals surface area contributed by atoms with E-state index in [9.17, 15) is 13.6 Å². The summed E-state index contributed by atoms with van der Waals surface area (Å²) >= 11 is 6.54. The summed E-state index contributed by atoms with van der Waals surface area (Å²) in [4.78, 5) is 11.9. The maximum absolute atomic E-state index is 13.4. The molecule has 0 radical (unpaired) electrons. The van der Waals surface area contributed by atoms with Crippen LogP contribution in [-0.4, -0.2) is 5.91 Å². The maximum atomic E-state index is 13.4. The van der Waals surface area contributed by atoms with Gasteiger partial charge in [-0.15, -0.1) is 0 Å². The lowest BCUT2D eigenvalue weighted by molar-refractivity contribution is 0.102. The van der Waals surface area contributed by atoms with Gasteiger partial charge in [0, 0.05) is 8.95 Å². The number of carbonyl (C=O) groups excluding carboxylic acids is 1. The summed E-state index contributed by atoms with van der Waals surface area (Å²) in [5.74, 6) is -2.14. The molecule has 0 unspecified atom stereocenters. The molecule has 2 rings (SSSR count). The Morgan fingerprint density at radius 3 is 2.47 bits per heavy atom. The first-order valence-electron chi connectivity index (χ1n) is 5.19. The van der Waals surface area contributed by atoms with E-state index in [1.807, 2.05) is 0 Å². The van der Waals surface area contributed by atoms with Gasteiger partial charge in [0.05, 0.1) is 11.3 Å². The fourth-order valence-electron chi connectivity index (χ4n) is 1.45. The third-order valence-corrected chi connectivity index (χ3v) is 3.50. The zero-order valence-corrected chi connectivity index (χ0v) is 12.6. The Labute approximate surface area is 125 Å². The minimum absolute atomic E-state index is 0.338. The molecule has 2 aromatic carbocycles. The Hall–Kier alpha value is -1.27. The van der Waals surface area contributed by atoms with Crippen molar-refractivity contribution in [3.8, 4) is 0 Å². The molecule has 0 aliphatic carbocycles. The van der Waals surface area contributed by atoms with E-state index in [0.717, 1.165) is 22.7 Å². The quantitative estimate of drug-likeness (QED) is 0.788. The third-order valence-electron chi connectivity index (χ3n) is 2.35. The zero-order valence-electron chi connectivity index (χ0n) is 9.38. The predicted octanol–water partition coefficient (Wildman–Crippen LogP) is 4.74. The minimum atomic E-state index is -0.771. The molecule has 19 heavy (non-hydrogen) atoms. The average molecular weight is 391 g/mol. The molecule has 0 aromatic heterocycles. The molecule has 0 aliphatic heterocycles. The average Bonchev–Trinajstić information content (AvgIpc) is 2.35. The van der Waals surface area contributed by atoms with Crippen LogP contribution >= 0.6 is 31.9 Å². The summed E-state index contributed by atoms with van der Waals surface area (Å²) in [6, 6.07) is 7.84. The van der Waals surface area contributed by atoms with Crippen molar-refractivity contribution in [3.05, 3.63) is 62.5 Å². The van der Waals surface area contributed by atoms with Crippen LogP contribution in [0.15, 0.2) is 45.3 Å². The number of halogens is 4. The summed E-state index contributed by atoms with van der Waals surface area (Å²) in [5.41, 5.74) is 0.131. The number of nitrogens with one attached hydrogen (secondary N) is 1. The van der Waals surface area contributed by atoms with Crippen LogP contribution in [0.1, 0.15) is 10.4 Å². The van der Waals surface area contributed by atoms with Crippen LogP contribution in [0.5, 0.6) is 0 Å². The number of carbonyl (C=O) groups is 1. The van der Waals surface area contributed by atoms with Crippen molar-refractivity contribution >= 4 is 43.5 Å². The SMILES string of the molecule is O=C(Nc1ccc(Br)cc1Br)c1cc(F)ccc1F. The zero-order chi connectivity index (χ0) is 14.0. The predicted molar refractivity (Wildman–Crippen MR) is 76.2 cm³/mol. The van der Waals surface area contributed by atoms with Gasteiger partial charge in [-0.25, -0.2) is 8.78 Å². The standard InChI is InChI=1S/C13H7Br2F2NO/c14-7-1-4-12(10(15)5-7)18-13(19)9-6-8(16)2-3-11(9)17/h1-6H,(H,18,19). The number of anilines is 1. The summed E-state index contributed by atoms with van der Waals surface area (Å²) in [5, 5.41) is 2.51. The molecule has 0 bridgehead atoms. The van der Waals surface area contributed by atoms with E-state index in [0.29, 0.717) is 10.2 Å². The number of amides is 1. The van der Waals surface area contributed by atoms with Gasteiger partial charge >= 0.3 is 0 Å².